The lowest BCUT2D eigenvalue weighted by Crippen LogP contribution is -2.15. The minimum atomic E-state index is -2.66. The summed E-state index contributed by atoms with van der Waals surface area (Å²) < 4.78 is 27.5. The molecule has 0 radical (unpaired) electrons. The molecule has 0 aliphatic carbocycles. The van der Waals surface area contributed by atoms with E-state index >= 15 is 0 Å². The Balaban J connectivity index is 2.43. The van der Waals surface area contributed by atoms with Crippen molar-refractivity contribution in [3.8, 4) is 11.4 Å². The highest BCUT2D eigenvalue weighted by atomic mass is 19.3. The maximum atomic E-state index is 12.9. The van der Waals surface area contributed by atoms with Crippen LogP contribution in [0.25, 0.3) is 11.4 Å². The Kier molecular flexibility index (Phi) is 4.57. The summed E-state index contributed by atoms with van der Waals surface area (Å²) in [5, 5.41) is 6.92. The van der Waals surface area contributed by atoms with Gasteiger partial charge in [-0.05, 0) is 19.1 Å². The molecule has 108 valence electrons. The number of hydrogen-bond acceptors (Lipinski definition) is 5. The van der Waals surface area contributed by atoms with Crippen LogP contribution < -0.4 is 11.1 Å². The highest BCUT2D eigenvalue weighted by Gasteiger charge is 2.15. The fourth-order valence-corrected chi connectivity index (χ4v) is 1.77. The van der Waals surface area contributed by atoms with Gasteiger partial charge in [-0.1, -0.05) is 0 Å². The lowest BCUT2D eigenvalue weighted by molar-refractivity contribution is 0.146. The zero-order valence-electron chi connectivity index (χ0n) is 11.1. The van der Waals surface area contributed by atoms with Crippen LogP contribution in [0.2, 0.25) is 0 Å². The molecule has 0 atom stereocenters. The Morgan fingerprint density at radius 3 is 2.85 bits per heavy atom. The van der Waals surface area contributed by atoms with E-state index in [1.54, 1.807) is 16.9 Å². The second kappa shape index (κ2) is 6.38. The molecule has 0 spiro atoms. The number of aryl methyl sites for hydroxylation is 1. The molecule has 6 nitrogen and oxygen atoms in total. The number of nitrogens with zero attached hydrogens (tertiary/aromatic N) is 4. The summed E-state index contributed by atoms with van der Waals surface area (Å²) in [5.41, 5.74) is 6.14. The number of anilines is 1. The predicted molar refractivity (Wildman–Crippen MR) is 71.4 cm³/mol. The van der Waals surface area contributed by atoms with E-state index in [1.165, 1.54) is 6.07 Å². The maximum Gasteiger partial charge on any atom is 0.280 e. The lowest BCUT2D eigenvalue weighted by atomic mass is 10.2. The molecule has 20 heavy (non-hydrogen) atoms. The molecule has 2 aromatic heterocycles. The number of nitrogens with two attached hydrogens (primary N) is 1. The summed E-state index contributed by atoms with van der Waals surface area (Å²) in [6.45, 7) is 3.32. The first kappa shape index (κ1) is 14.3. The molecule has 3 N–H and O–H groups in total. The van der Waals surface area contributed by atoms with Crippen molar-refractivity contribution >= 4 is 5.95 Å². The minimum Gasteiger partial charge on any atom is -0.353 e. The van der Waals surface area contributed by atoms with Gasteiger partial charge in [0.05, 0.1) is 11.4 Å². The maximum absolute atomic E-state index is 12.9. The van der Waals surface area contributed by atoms with Gasteiger partial charge in [0.15, 0.2) is 0 Å². The lowest BCUT2D eigenvalue weighted by Gasteiger charge is -2.10. The van der Waals surface area contributed by atoms with Crippen LogP contribution >= 0.6 is 0 Å². The largest absolute Gasteiger partial charge is 0.353 e. The molecule has 0 amide bonds. The summed E-state index contributed by atoms with van der Waals surface area (Å²) >= 11 is 0. The van der Waals surface area contributed by atoms with Crippen molar-refractivity contribution in [2.75, 3.05) is 18.4 Å². The van der Waals surface area contributed by atoms with Gasteiger partial charge in [0.25, 0.3) is 6.43 Å². The van der Waals surface area contributed by atoms with Gasteiger partial charge in [-0.25, -0.2) is 18.7 Å². The topological polar surface area (TPSA) is 81.7 Å². The van der Waals surface area contributed by atoms with Gasteiger partial charge in [0, 0.05) is 25.8 Å². The average molecular weight is 282 g/mol. The van der Waals surface area contributed by atoms with E-state index in [1.807, 2.05) is 6.92 Å². The van der Waals surface area contributed by atoms with Crippen molar-refractivity contribution in [1.82, 2.24) is 19.7 Å². The molecule has 0 aliphatic heterocycles. The van der Waals surface area contributed by atoms with Crippen LogP contribution in [0.4, 0.5) is 14.7 Å². The SMILES string of the molecule is CCn1nccc1-c1cc(C(F)F)nc(NCCN)n1. The first-order chi connectivity index (χ1) is 9.65. The number of aromatic nitrogens is 4. The van der Waals surface area contributed by atoms with Gasteiger partial charge >= 0.3 is 0 Å². The molecule has 0 saturated carbocycles. The number of nitrogens with one attached hydrogen (secondary N) is 1. The Morgan fingerprint density at radius 2 is 2.20 bits per heavy atom. The molecule has 0 unspecified atom stereocenters. The first-order valence-electron chi connectivity index (χ1n) is 6.29. The van der Waals surface area contributed by atoms with Gasteiger partial charge < -0.3 is 11.1 Å². The number of alkyl halides is 2. The van der Waals surface area contributed by atoms with Crippen LogP contribution in [0, 0.1) is 0 Å². The molecule has 8 heteroatoms. The molecular weight excluding hydrogens is 266 g/mol. The molecule has 0 aliphatic rings. The third-order valence-electron chi connectivity index (χ3n) is 2.68. The van der Waals surface area contributed by atoms with Gasteiger partial charge in [0.1, 0.15) is 5.69 Å². The second-order valence-corrected chi connectivity index (χ2v) is 4.05. The summed E-state index contributed by atoms with van der Waals surface area (Å²) in [6, 6.07) is 3.01. The van der Waals surface area contributed by atoms with Crippen LogP contribution in [0.3, 0.4) is 0 Å². The normalized spacial score (nSPS) is 11.1. The Morgan fingerprint density at radius 1 is 1.40 bits per heavy atom. The molecule has 2 aromatic rings. The summed E-state index contributed by atoms with van der Waals surface area (Å²) in [6.07, 6.45) is -1.05. The third-order valence-corrected chi connectivity index (χ3v) is 2.68. The van der Waals surface area contributed by atoms with E-state index in [-0.39, 0.29) is 11.6 Å². The highest BCUT2D eigenvalue weighted by Crippen LogP contribution is 2.24. The van der Waals surface area contributed by atoms with Crippen LogP contribution in [0.5, 0.6) is 0 Å². The van der Waals surface area contributed by atoms with Crippen LogP contribution in [-0.2, 0) is 6.54 Å². The predicted octanol–water partition coefficient (Wildman–Crippen LogP) is 1.67. The standard InChI is InChI=1S/C12H16F2N6/c1-2-20-10(3-5-17-20)8-7-9(11(13)14)19-12(18-8)16-6-4-15/h3,5,7,11H,2,4,6,15H2,1H3,(H,16,18,19). The van der Waals surface area contributed by atoms with E-state index < -0.39 is 6.43 Å². The Hall–Kier alpha value is -2.09. The van der Waals surface area contributed by atoms with Crippen molar-refractivity contribution in [3.63, 3.8) is 0 Å². The van der Waals surface area contributed by atoms with Gasteiger partial charge in [-0.3, -0.25) is 4.68 Å². The second-order valence-electron chi connectivity index (χ2n) is 4.05. The molecule has 0 aromatic carbocycles. The average Bonchev–Trinajstić information content (AvgIpc) is 2.93. The molecule has 0 fully saturated rings. The van der Waals surface area contributed by atoms with Crippen LogP contribution in [0.1, 0.15) is 19.0 Å². The Labute approximate surface area is 115 Å². The quantitative estimate of drug-likeness (QED) is 0.842. The number of hydrogen-bond donors (Lipinski definition) is 2. The monoisotopic (exact) mass is 282 g/mol. The van der Waals surface area contributed by atoms with Crippen LogP contribution in [-0.4, -0.2) is 32.8 Å². The smallest absolute Gasteiger partial charge is 0.280 e. The zero-order chi connectivity index (χ0) is 14.5. The Bertz CT molecular complexity index is 569. The zero-order valence-corrected chi connectivity index (χ0v) is 11.1. The van der Waals surface area contributed by atoms with E-state index in [0.717, 1.165) is 0 Å². The van der Waals surface area contributed by atoms with Crippen molar-refractivity contribution in [2.45, 2.75) is 19.9 Å². The van der Waals surface area contributed by atoms with Gasteiger partial charge in [-0.2, -0.15) is 5.10 Å². The fraction of sp³-hybridized carbons (Fsp3) is 0.417. The third kappa shape index (κ3) is 3.08. The summed E-state index contributed by atoms with van der Waals surface area (Å²) in [5.74, 6) is 0.145. The van der Waals surface area contributed by atoms with Crippen molar-refractivity contribution in [1.29, 1.82) is 0 Å². The van der Waals surface area contributed by atoms with Gasteiger partial charge in [-0.15, -0.1) is 0 Å². The molecule has 2 rings (SSSR count). The van der Waals surface area contributed by atoms with E-state index in [0.29, 0.717) is 31.0 Å². The molecule has 0 saturated heterocycles. The fourth-order valence-electron chi connectivity index (χ4n) is 1.77. The number of halogens is 2. The molecular formula is C12H16F2N6. The van der Waals surface area contributed by atoms with Crippen molar-refractivity contribution in [3.05, 3.63) is 24.0 Å². The molecule has 0 bridgehead atoms. The van der Waals surface area contributed by atoms with E-state index in [9.17, 15) is 8.78 Å². The highest BCUT2D eigenvalue weighted by molar-refractivity contribution is 5.56. The van der Waals surface area contributed by atoms with E-state index in [2.05, 4.69) is 20.4 Å². The summed E-state index contributed by atoms with van der Waals surface area (Å²) in [4.78, 5) is 8.01. The van der Waals surface area contributed by atoms with Crippen molar-refractivity contribution in [2.24, 2.45) is 5.73 Å². The van der Waals surface area contributed by atoms with E-state index in [4.69, 9.17) is 5.73 Å². The number of rotatable bonds is 6. The van der Waals surface area contributed by atoms with Crippen LogP contribution in [0.15, 0.2) is 18.3 Å². The molecule has 2 heterocycles. The van der Waals surface area contributed by atoms with Gasteiger partial charge in [0.2, 0.25) is 5.95 Å². The summed E-state index contributed by atoms with van der Waals surface area (Å²) in [7, 11) is 0. The minimum absolute atomic E-state index is 0.145. The van der Waals surface area contributed by atoms with Crippen molar-refractivity contribution < 1.29 is 8.78 Å². The first-order valence-corrected chi connectivity index (χ1v) is 6.29.